The topological polar surface area (TPSA) is 55.4 Å². The summed E-state index contributed by atoms with van der Waals surface area (Å²) in [5.74, 6) is 0.554. The fourth-order valence-electron chi connectivity index (χ4n) is 1.12. The van der Waals surface area contributed by atoms with Crippen molar-refractivity contribution in [3.8, 4) is 0 Å². The fraction of sp³-hybridized carbons (Fsp3) is 0.750. The van der Waals surface area contributed by atoms with Gasteiger partial charge >= 0.3 is 0 Å². The minimum absolute atomic E-state index is 0.112. The van der Waals surface area contributed by atoms with Crippen LogP contribution < -0.4 is 5.32 Å². The van der Waals surface area contributed by atoms with E-state index in [0.717, 1.165) is 5.75 Å². The lowest BCUT2D eigenvalue weighted by Gasteiger charge is -2.27. The van der Waals surface area contributed by atoms with E-state index in [4.69, 9.17) is 4.74 Å². The smallest absolute Gasteiger partial charge is 0.214 e. The third-order valence-corrected chi connectivity index (χ3v) is 2.80. The number of ketones is 1. The second-order valence-corrected chi connectivity index (χ2v) is 4.14. The van der Waals surface area contributed by atoms with Crippen molar-refractivity contribution in [3.05, 3.63) is 0 Å². The zero-order chi connectivity index (χ0) is 9.68. The van der Waals surface area contributed by atoms with E-state index >= 15 is 0 Å². The van der Waals surface area contributed by atoms with Crippen LogP contribution in [0.15, 0.2) is 0 Å². The Morgan fingerprint density at radius 1 is 1.77 bits per heavy atom. The van der Waals surface area contributed by atoms with Crippen molar-refractivity contribution in [3.63, 3.8) is 0 Å². The lowest BCUT2D eigenvalue weighted by Crippen LogP contribution is -2.49. The van der Waals surface area contributed by atoms with Crippen molar-refractivity contribution in [2.24, 2.45) is 0 Å². The molecule has 1 aliphatic heterocycles. The molecule has 1 saturated heterocycles. The molecule has 0 aromatic heterocycles. The summed E-state index contributed by atoms with van der Waals surface area (Å²) in [5, 5.41) is 2.98. The van der Waals surface area contributed by atoms with Gasteiger partial charge in [0.25, 0.3) is 0 Å². The minimum Gasteiger partial charge on any atom is -0.364 e. The van der Waals surface area contributed by atoms with Crippen LogP contribution >= 0.6 is 11.8 Å². The number of aldehydes is 1. The highest BCUT2D eigenvalue weighted by molar-refractivity contribution is 7.99. The van der Waals surface area contributed by atoms with Crippen molar-refractivity contribution in [1.29, 1.82) is 0 Å². The van der Waals surface area contributed by atoms with Gasteiger partial charge in [-0.25, -0.2) is 0 Å². The Kier molecular flexibility index (Phi) is 4.41. The maximum Gasteiger partial charge on any atom is 0.214 e. The third kappa shape index (κ3) is 3.10. The number of carbonyl (C=O) groups excluding carboxylic acids is 2. The van der Waals surface area contributed by atoms with Gasteiger partial charge in [-0.3, -0.25) is 9.59 Å². The van der Waals surface area contributed by atoms with E-state index in [1.165, 1.54) is 0 Å². The second-order valence-electron chi connectivity index (χ2n) is 2.70. The molecule has 0 bridgehead atoms. The van der Waals surface area contributed by atoms with Crippen LogP contribution in [0.25, 0.3) is 0 Å². The van der Waals surface area contributed by atoms with Gasteiger partial charge in [-0.2, -0.15) is 0 Å². The normalized spacial score (nSPS) is 28.4. The predicted octanol–water partition coefficient (Wildman–Crippen LogP) is -0.178. The van der Waals surface area contributed by atoms with Crippen molar-refractivity contribution in [1.82, 2.24) is 5.32 Å². The summed E-state index contributed by atoms with van der Waals surface area (Å²) in [6.45, 7) is 2.98. The van der Waals surface area contributed by atoms with Crippen molar-refractivity contribution in [2.45, 2.75) is 18.4 Å². The zero-order valence-corrected chi connectivity index (χ0v) is 8.30. The van der Waals surface area contributed by atoms with Crippen LogP contribution in [0.4, 0.5) is 0 Å². The maximum atomic E-state index is 10.9. The lowest BCUT2D eigenvalue weighted by atomic mass is 10.2. The van der Waals surface area contributed by atoms with E-state index in [1.807, 2.05) is 0 Å². The Morgan fingerprint density at radius 3 is 3.00 bits per heavy atom. The molecule has 0 radical (unpaired) electrons. The van der Waals surface area contributed by atoms with Crippen molar-refractivity contribution < 1.29 is 14.3 Å². The molecule has 0 aromatic carbocycles. The van der Waals surface area contributed by atoms with E-state index in [9.17, 15) is 9.59 Å². The standard InChI is InChI=1S/C8H13NO3S/c1-2-13-8-3-9-6(5-12-8)7(11)4-10/h4,6,8-9H,2-3,5H2,1H3. The molecule has 1 N–H and O–H groups in total. The van der Waals surface area contributed by atoms with Crippen LogP contribution in [0, 0.1) is 0 Å². The molecule has 0 saturated carbocycles. The van der Waals surface area contributed by atoms with Crippen LogP contribution in [0.1, 0.15) is 6.92 Å². The number of Topliss-reactive ketones (excluding diaryl/α,β-unsaturated/α-hetero) is 1. The van der Waals surface area contributed by atoms with Gasteiger partial charge in [-0.1, -0.05) is 6.92 Å². The summed E-state index contributed by atoms with van der Waals surface area (Å²) >= 11 is 1.69. The van der Waals surface area contributed by atoms with E-state index in [-0.39, 0.29) is 5.44 Å². The highest BCUT2D eigenvalue weighted by atomic mass is 32.2. The molecule has 1 fully saturated rings. The summed E-state index contributed by atoms with van der Waals surface area (Å²) in [6, 6.07) is -0.439. The van der Waals surface area contributed by atoms with Gasteiger partial charge in [-0.15, -0.1) is 11.8 Å². The number of morpholine rings is 1. The largest absolute Gasteiger partial charge is 0.364 e. The van der Waals surface area contributed by atoms with Crippen LogP contribution in [0.2, 0.25) is 0 Å². The summed E-state index contributed by atoms with van der Waals surface area (Å²) in [6.07, 6.45) is 0.342. The van der Waals surface area contributed by atoms with E-state index < -0.39 is 11.8 Å². The molecule has 2 atom stereocenters. The van der Waals surface area contributed by atoms with Crippen LogP contribution in [-0.4, -0.2) is 42.5 Å². The molecule has 2 unspecified atom stereocenters. The molecular formula is C8H13NO3S. The quantitative estimate of drug-likeness (QED) is 0.507. The summed E-state index contributed by atoms with van der Waals surface area (Å²) in [4.78, 5) is 21.1. The van der Waals surface area contributed by atoms with E-state index in [1.54, 1.807) is 11.8 Å². The first-order valence-electron chi connectivity index (χ1n) is 4.23. The van der Waals surface area contributed by atoms with E-state index in [0.29, 0.717) is 19.4 Å². The Balaban J connectivity index is 2.30. The third-order valence-electron chi connectivity index (χ3n) is 1.79. The van der Waals surface area contributed by atoms with Gasteiger partial charge in [0.1, 0.15) is 5.44 Å². The predicted molar refractivity (Wildman–Crippen MR) is 50.7 cm³/mol. The molecule has 5 heteroatoms. The average Bonchev–Trinajstić information content (AvgIpc) is 2.18. The maximum absolute atomic E-state index is 10.9. The Labute approximate surface area is 81.4 Å². The highest BCUT2D eigenvalue weighted by Crippen LogP contribution is 2.14. The zero-order valence-electron chi connectivity index (χ0n) is 7.49. The van der Waals surface area contributed by atoms with Crippen LogP contribution in [0.5, 0.6) is 0 Å². The highest BCUT2D eigenvalue weighted by Gasteiger charge is 2.25. The number of thioether (sulfide) groups is 1. The minimum atomic E-state index is -0.439. The van der Waals surface area contributed by atoms with Gasteiger partial charge in [0.15, 0.2) is 6.29 Å². The molecule has 74 valence electrons. The summed E-state index contributed by atoms with van der Waals surface area (Å²) in [5.41, 5.74) is 0.112. The Bertz CT molecular complexity index is 190. The van der Waals surface area contributed by atoms with Gasteiger partial charge in [0.05, 0.1) is 12.6 Å². The van der Waals surface area contributed by atoms with Gasteiger partial charge in [0.2, 0.25) is 5.78 Å². The molecule has 0 spiro atoms. The molecule has 0 aliphatic carbocycles. The van der Waals surface area contributed by atoms with Gasteiger partial charge in [0, 0.05) is 6.54 Å². The Hall–Kier alpha value is -0.390. The number of carbonyl (C=O) groups is 2. The number of hydrogen-bond donors (Lipinski definition) is 1. The van der Waals surface area contributed by atoms with Crippen LogP contribution in [-0.2, 0) is 14.3 Å². The van der Waals surface area contributed by atoms with Gasteiger partial charge in [-0.05, 0) is 5.75 Å². The molecule has 1 rings (SSSR count). The SMILES string of the molecule is CCSC1CNC(C(=O)C=O)CO1. The summed E-state index contributed by atoms with van der Waals surface area (Å²) < 4.78 is 5.37. The first kappa shape index (κ1) is 10.7. The molecular weight excluding hydrogens is 190 g/mol. The molecule has 4 nitrogen and oxygen atoms in total. The monoisotopic (exact) mass is 203 g/mol. The van der Waals surface area contributed by atoms with E-state index in [2.05, 4.69) is 12.2 Å². The van der Waals surface area contributed by atoms with Crippen LogP contribution in [0.3, 0.4) is 0 Å². The van der Waals surface area contributed by atoms with Crippen molar-refractivity contribution >= 4 is 23.8 Å². The number of rotatable bonds is 4. The average molecular weight is 203 g/mol. The fourth-order valence-corrected chi connectivity index (χ4v) is 1.88. The Morgan fingerprint density at radius 2 is 2.54 bits per heavy atom. The number of ether oxygens (including phenoxy) is 1. The van der Waals surface area contributed by atoms with Crippen molar-refractivity contribution in [2.75, 3.05) is 18.9 Å². The number of hydrogen-bond acceptors (Lipinski definition) is 5. The van der Waals surface area contributed by atoms with Gasteiger partial charge < -0.3 is 10.1 Å². The molecule has 0 aromatic rings. The first-order valence-corrected chi connectivity index (χ1v) is 5.28. The molecule has 13 heavy (non-hydrogen) atoms. The molecule has 0 amide bonds. The second kappa shape index (κ2) is 5.36. The molecule has 1 heterocycles. The summed E-state index contributed by atoms with van der Waals surface area (Å²) in [7, 11) is 0. The lowest BCUT2D eigenvalue weighted by molar-refractivity contribution is -0.133. The first-order chi connectivity index (χ1) is 6.27. The number of nitrogens with one attached hydrogen (secondary N) is 1. The molecule has 1 aliphatic rings.